The van der Waals surface area contributed by atoms with Crippen molar-refractivity contribution in [2.45, 2.75) is 32.2 Å². The summed E-state index contributed by atoms with van der Waals surface area (Å²) in [6.07, 6.45) is 3.09. The Morgan fingerprint density at radius 1 is 0.938 bits per heavy atom. The van der Waals surface area contributed by atoms with E-state index in [1.54, 1.807) is 6.08 Å². The molecule has 0 N–H and O–H groups in total. The van der Waals surface area contributed by atoms with Gasteiger partial charge in [-0.05, 0) is 36.0 Å². The highest BCUT2D eigenvalue weighted by Gasteiger charge is 2.67. The number of carbonyl (C=O) groups excluding carboxylic acids is 2. The van der Waals surface area contributed by atoms with Crippen LogP contribution in [0.2, 0.25) is 0 Å². The molecule has 2 fully saturated rings. The first-order valence-electron chi connectivity index (χ1n) is 11.2. The van der Waals surface area contributed by atoms with Gasteiger partial charge in [-0.3, -0.25) is 9.59 Å². The van der Waals surface area contributed by atoms with Gasteiger partial charge in [-0.2, -0.15) is 0 Å². The minimum absolute atomic E-state index is 0.0208. The summed E-state index contributed by atoms with van der Waals surface area (Å²) in [4.78, 5) is 26.5. The fourth-order valence-electron chi connectivity index (χ4n) is 5.84. The molecule has 3 aliphatic carbocycles. The molecule has 0 heterocycles. The first-order valence-corrected chi connectivity index (χ1v) is 11.2. The molecule has 2 aromatic carbocycles. The zero-order chi connectivity index (χ0) is 22.1. The summed E-state index contributed by atoms with van der Waals surface area (Å²) in [6, 6.07) is 20.0. The summed E-state index contributed by atoms with van der Waals surface area (Å²) in [6.45, 7) is 1.35. The van der Waals surface area contributed by atoms with Crippen LogP contribution in [0.3, 0.4) is 0 Å². The number of hydrogen-bond donors (Lipinski definition) is 0. The molecule has 3 aliphatic rings. The van der Waals surface area contributed by atoms with Crippen LogP contribution in [0.5, 0.6) is 0 Å². The first-order chi connectivity index (χ1) is 15.6. The lowest BCUT2D eigenvalue weighted by molar-refractivity contribution is -0.137. The lowest BCUT2D eigenvalue weighted by atomic mass is 9.75. The van der Waals surface area contributed by atoms with Gasteiger partial charge in [0.25, 0.3) is 0 Å². The lowest BCUT2D eigenvalue weighted by Gasteiger charge is -2.28. The van der Waals surface area contributed by atoms with Crippen molar-refractivity contribution in [2.24, 2.45) is 23.2 Å². The number of benzene rings is 2. The topological polar surface area (TPSA) is 61.8 Å². The quantitative estimate of drug-likeness (QED) is 0.588. The van der Waals surface area contributed by atoms with Crippen LogP contribution in [-0.4, -0.2) is 31.4 Å². The number of Topliss-reactive ketones (excluding diaryl/α,β-unsaturated/α-hetero) is 2. The van der Waals surface area contributed by atoms with Gasteiger partial charge in [-0.15, -0.1) is 0 Å². The van der Waals surface area contributed by atoms with E-state index in [1.165, 1.54) is 7.11 Å². The largest absolute Gasteiger partial charge is 0.493 e. The van der Waals surface area contributed by atoms with Crippen molar-refractivity contribution >= 4 is 11.6 Å². The Kier molecular flexibility index (Phi) is 5.70. The summed E-state index contributed by atoms with van der Waals surface area (Å²) in [5.41, 5.74) is 1.50. The Hall–Kier alpha value is -2.76. The van der Waals surface area contributed by atoms with Crippen LogP contribution in [0, 0.1) is 23.2 Å². The molecule has 32 heavy (non-hydrogen) atoms. The summed E-state index contributed by atoms with van der Waals surface area (Å²) >= 11 is 0. The van der Waals surface area contributed by atoms with Gasteiger partial charge in [0.2, 0.25) is 5.78 Å². The maximum atomic E-state index is 13.5. The third-order valence-corrected chi connectivity index (χ3v) is 7.31. The van der Waals surface area contributed by atoms with Crippen LogP contribution in [-0.2, 0) is 37.0 Å². The van der Waals surface area contributed by atoms with E-state index in [1.807, 2.05) is 60.7 Å². The predicted molar refractivity (Wildman–Crippen MR) is 118 cm³/mol. The Labute approximate surface area is 188 Å². The average molecular weight is 433 g/mol. The number of fused-ring (bicyclic) bond motifs is 1. The van der Waals surface area contributed by atoms with Gasteiger partial charge < -0.3 is 14.2 Å². The molecule has 0 aromatic heterocycles. The van der Waals surface area contributed by atoms with Gasteiger partial charge in [-0.25, -0.2) is 0 Å². The number of methoxy groups -OCH3 is 1. The monoisotopic (exact) mass is 432 g/mol. The van der Waals surface area contributed by atoms with Crippen molar-refractivity contribution in [3.8, 4) is 0 Å². The number of ketones is 2. The minimum Gasteiger partial charge on any atom is -0.493 e. The molecule has 5 nitrogen and oxygen atoms in total. The highest BCUT2D eigenvalue weighted by atomic mass is 16.5. The summed E-state index contributed by atoms with van der Waals surface area (Å²) in [5, 5.41) is 0. The molecule has 0 amide bonds. The zero-order valence-corrected chi connectivity index (χ0v) is 18.2. The number of rotatable bonds is 8. The maximum absolute atomic E-state index is 13.5. The number of allylic oxidation sites excluding steroid dienone is 2. The Morgan fingerprint density at radius 3 is 2.25 bits per heavy atom. The van der Waals surface area contributed by atoms with Gasteiger partial charge in [0.15, 0.2) is 11.5 Å². The molecule has 5 atom stereocenters. The normalized spacial score (nSPS) is 30.8. The van der Waals surface area contributed by atoms with E-state index in [-0.39, 0.29) is 29.5 Å². The van der Waals surface area contributed by atoms with Crippen LogP contribution in [0.4, 0.5) is 0 Å². The number of carbonyl (C=O) groups is 2. The maximum Gasteiger partial charge on any atom is 0.207 e. The van der Waals surface area contributed by atoms with E-state index in [0.29, 0.717) is 32.0 Å². The molecule has 0 saturated heterocycles. The molecule has 0 radical (unpaired) electrons. The molecule has 0 unspecified atom stereocenters. The Morgan fingerprint density at radius 2 is 1.59 bits per heavy atom. The number of ether oxygens (including phenoxy) is 3. The Balaban J connectivity index is 1.34. The van der Waals surface area contributed by atoms with Crippen LogP contribution in [0.1, 0.15) is 24.0 Å². The Bertz CT molecular complexity index is 1010. The minimum atomic E-state index is -0.688. The van der Waals surface area contributed by atoms with Gasteiger partial charge in [0, 0.05) is 5.92 Å². The SMILES string of the molecule is COC1=C[C@]23C[C@H](OCc4ccccc4)C[C@H]2[C@@H](COCc2ccccc2)[C@H](C1=O)C3=O. The van der Waals surface area contributed by atoms with Gasteiger partial charge in [0.1, 0.15) is 0 Å². The highest BCUT2D eigenvalue weighted by Crippen LogP contribution is 2.61. The second kappa shape index (κ2) is 8.64. The fourth-order valence-corrected chi connectivity index (χ4v) is 5.84. The van der Waals surface area contributed by atoms with Crippen molar-refractivity contribution in [3.05, 3.63) is 83.6 Å². The van der Waals surface area contributed by atoms with Crippen molar-refractivity contribution in [1.82, 2.24) is 0 Å². The molecule has 5 heteroatoms. The van der Waals surface area contributed by atoms with E-state index in [2.05, 4.69) is 0 Å². The highest BCUT2D eigenvalue weighted by molar-refractivity contribution is 6.16. The molecule has 0 aliphatic heterocycles. The second-order valence-electron chi connectivity index (χ2n) is 9.09. The van der Waals surface area contributed by atoms with E-state index in [4.69, 9.17) is 14.2 Å². The van der Waals surface area contributed by atoms with Gasteiger partial charge in [0.05, 0.1) is 44.4 Å². The van der Waals surface area contributed by atoms with Crippen molar-refractivity contribution in [2.75, 3.05) is 13.7 Å². The van der Waals surface area contributed by atoms with E-state index >= 15 is 0 Å². The van der Waals surface area contributed by atoms with Crippen LogP contribution < -0.4 is 0 Å². The third kappa shape index (κ3) is 3.59. The van der Waals surface area contributed by atoms with Gasteiger partial charge in [-0.1, -0.05) is 60.7 Å². The molecule has 2 bridgehead atoms. The van der Waals surface area contributed by atoms with Crippen molar-refractivity contribution < 1.29 is 23.8 Å². The zero-order valence-electron chi connectivity index (χ0n) is 18.2. The molecule has 5 rings (SSSR count). The fraction of sp³-hybridized carbons (Fsp3) is 0.407. The lowest BCUT2D eigenvalue weighted by Crippen LogP contribution is -2.38. The molecule has 2 aromatic rings. The van der Waals surface area contributed by atoms with E-state index in [0.717, 1.165) is 17.5 Å². The van der Waals surface area contributed by atoms with Crippen LogP contribution >= 0.6 is 0 Å². The van der Waals surface area contributed by atoms with E-state index in [9.17, 15) is 9.59 Å². The summed E-state index contributed by atoms with van der Waals surface area (Å²) in [7, 11) is 1.50. The molecule has 2 saturated carbocycles. The predicted octanol–water partition coefficient (Wildman–Crippen LogP) is 4.11. The number of hydrogen-bond acceptors (Lipinski definition) is 5. The van der Waals surface area contributed by atoms with Crippen LogP contribution in [0.15, 0.2) is 72.5 Å². The van der Waals surface area contributed by atoms with Crippen molar-refractivity contribution in [1.29, 1.82) is 0 Å². The molecular formula is C27H28O5. The summed E-state index contributed by atoms with van der Waals surface area (Å²) < 4.78 is 17.7. The van der Waals surface area contributed by atoms with Gasteiger partial charge >= 0.3 is 0 Å². The third-order valence-electron chi connectivity index (χ3n) is 7.31. The molecular weight excluding hydrogens is 404 g/mol. The second-order valence-corrected chi connectivity index (χ2v) is 9.09. The van der Waals surface area contributed by atoms with Crippen LogP contribution in [0.25, 0.3) is 0 Å². The smallest absolute Gasteiger partial charge is 0.207 e. The van der Waals surface area contributed by atoms with E-state index < -0.39 is 11.3 Å². The molecule has 166 valence electrons. The van der Waals surface area contributed by atoms with Crippen molar-refractivity contribution in [3.63, 3.8) is 0 Å². The average Bonchev–Trinajstić information content (AvgIpc) is 3.25. The first kappa shape index (κ1) is 21.1. The summed E-state index contributed by atoms with van der Waals surface area (Å²) in [5.74, 6) is -0.680. The molecule has 1 spiro atoms. The standard InChI is InChI=1S/C27H28O5/c1-30-23-14-27-13-20(32-16-19-10-6-3-7-11-19)12-22(27)21(24(25(23)28)26(27)29)17-31-15-18-8-4-2-5-9-18/h2-11,14,20-22,24H,12-13,15-17H2,1H3/t20-,21-,22+,24-,27-/m1/s1.